The molecule has 0 saturated carbocycles. The molecule has 122 valence electrons. The molecule has 2 aromatic rings. The van der Waals surface area contributed by atoms with E-state index in [9.17, 15) is 0 Å². The average molecular weight is 312 g/mol. The highest BCUT2D eigenvalue weighted by molar-refractivity contribution is 5.53. The smallest absolute Gasteiger partial charge is 0.223 e. The number of rotatable bonds is 4. The molecule has 1 saturated heterocycles. The van der Waals surface area contributed by atoms with Gasteiger partial charge < -0.3 is 20.9 Å². The topological polar surface area (TPSA) is 70.3 Å². The largest absolute Gasteiger partial charge is 0.368 e. The molecule has 1 aliphatic rings. The first-order valence-corrected chi connectivity index (χ1v) is 7.97. The van der Waals surface area contributed by atoms with Gasteiger partial charge in [0.2, 0.25) is 5.95 Å². The molecular weight excluding hydrogens is 288 g/mol. The van der Waals surface area contributed by atoms with E-state index in [2.05, 4.69) is 63.3 Å². The van der Waals surface area contributed by atoms with Gasteiger partial charge in [-0.15, -0.1) is 0 Å². The molecular formula is C17H24N6. The minimum Gasteiger partial charge on any atom is -0.368 e. The van der Waals surface area contributed by atoms with Crippen LogP contribution in [0.5, 0.6) is 0 Å². The van der Waals surface area contributed by atoms with Gasteiger partial charge in [-0.2, -0.15) is 9.97 Å². The monoisotopic (exact) mass is 312 g/mol. The van der Waals surface area contributed by atoms with Crippen LogP contribution in [0.4, 0.5) is 17.6 Å². The van der Waals surface area contributed by atoms with E-state index >= 15 is 0 Å². The summed E-state index contributed by atoms with van der Waals surface area (Å²) in [6.45, 7) is 6.81. The second-order valence-corrected chi connectivity index (χ2v) is 6.10. The van der Waals surface area contributed by atoms with Gasteiger partial charge in [0.1, 0.15) is 11.6 Å². The summed E-state index contributed by atoms with van der Waals surface area (Å²) in [5.41, 5.74) is 8.36. The maximum absolute atomic E-state index is 5.88. The molecule has 0 atom stereocenters. The van der Waals surface area contributed by atoms with Crippen LogP contribution in [0.2, 0.25) is 0 Å². The van der Waals surface area contributed by atoms with E-state index in [0.29, 0.717) is 5.95 Å². The van der Waals surface area contributed by atoms with Gasteiger partial charge in [-0.1, -0.05) is 29.8 Å². The molecule has 1 aromatic heterocycles. The summed E-state index contributed by atoms with van der Waals surface area (Å²) in [6.07, 6.45) is 0. The average Bonchev–Trinajstić information content (AvgIpc) is 2.54. The standard InChI is InChI=1S/C17H24N6/c1-13-3-5-14(6-4-13)12-19-15-11-16(21-17(18)20-15)23-9-7-22(2)8-10-23/h3-6,11H,7-10,12H2,1-2H3,(H3,18,19,20,21). The van der Waals surface area contributed by atoms with Gasteiger partial charge in [0, 0.05) is 38.8 Å². The number of nitrogen functional groups attached to an aromatic ring is 1. The zero-order valence-electron chi connectivity index (χ0n) is 13.8. The summed E-state index contributed by atoms with van der Waals surface area (Å²) in [5.74, 6) is 1.98. The molecule has 3 rings (SSSR count). The first-order valence-electron chi connectivity index (χ1n) is 7.97. The first-order chi connectivity index (χ1) is 11.1. The van der Waals surface area contributed by atoms with E-state index in [1.807, 2.05) is 6.07 Å². The van der Waals surface area contributed by atoms with Gasteiger partial charge in [-0.3, -0.25) is 0 Å². The Morgan fingerprint density at radius 1 is 1.09 bits per heavy atom. The molecule has 0 bridgehead atoms. The van der Waals surface area contributed by atoms with Gasteiger partial charge in [-0.25, -0.2) is 0 Å². The molecule has 23 heavy (non-hydrogen) atoms. The van der Waals surface area contributed by atoms with E-state index in [0.717, 1.165) is 44.4 Å². The Labute approximate surface area is 137 Å². The lowest BCUT2D eigenvalue weighted by Crippen LogP contribution is -2.44. The second-order valence-electron chi connectivity index (χ2n) is 6.10. The number of benzene rings is 1. The highest BCUT2D eigenvalue weighted by atomic mass is 15.3. The lowest BCUT2D eigenvalue weighted by molar-refractivity contribution is 0.312. The zero-order valence-corrected chi connectivity index (χ0v) is 13.8. The zero-order chi connectivity index (χ0) is 16.2. The van der Waals surface area contributed by atoms with Crippen molar-refractivity contribution in [2.45, 2.75) is 13.5 Å². The molecule has 6 nitrogen and oxygen atoms in total. The van der Waals surface area contributed by atoms with E-state index in [1.54, 1.807) is 0 Å². The highest BCUT2D eigenvalue weighted by Gasteiger charge is 2.16. The van der Waals surface area contributed by atoms with Gasteiger partial charge in [0.25, 0.3) is 0 Å². The highest BCUT2D eigenvalue weighted by Crippen LogP contribution is 2.19. The minimum absolute atomic E-state index is 0.313. The predicted molar refractivity (Wildman–Crippen MR) is 94.7 cm³/mol. The van der Waals surface area contributed by atoms with Gasteiger partial charge in [0.05, 0.1) is 0 Å². The number of nitrogens with zero attached hydrogens (tertiary/aromatic N) is 4. The number of anilines is 3. The van der Waals surface area contributed by atoms with E-state index in [-0.39, 0.29) is 0 Å². The van der Waals surface area contributed by atoms with Gasteiger partial charge in [-0.05, 0) is 19.5 Å². The number of nitrogens with two attached hydrogens (primary N) is 1. The number of nitrogens with one attached hydrogen (secondary N) is 1. The molecule has 1 aliphatic heterocycles. The van der Waals surface area contributed by atoms with E-state index in [1.165, 1.54) is 11.1 Å². The molecule has 1 fully saturated rings. The van der Waals surface area contributed by atoms with Gasteiger partial charge >= 0.3 is 0 Å². The summed E-state index contributed by atoms with van der Waals surface area (Å²) in [5, 5.41) is 3.34. The van der Waals surface area contributed by atoms with Crippen molar-refractivity contribution in [3.8, 4) is 0 Å². The van der Waals surface area contributed by atoms with Crippen LogP contribution in [0.3, 0.4) is 0 Å². The molecule has 0 aliphatic carbocycles. The second kappa shape index (κ2) is 6.83. The van der Waals surface area contributed by atoms with Crippen LogP contribution in [-0.2, 0) is 6.54 Å². The lowest BCUT2D eigenvalue weighted by Gasteiger charge is -2.33. The fourth-order valence-electron chi connectivity index (χ4n) is 2.64. The van der Waals surface area contributed by atoms with E-state index in [4.69, 9.17) is 5.73 Å². The fraction of sp³-hybridized carbons (Fsp3) is 0.412. The summed E-state index contributed by atoms with van der Waals surface area (Å²) in [7, 11) is 2.14. The number of piperazine rings is 1. The minimum atomic E-state index is 0.313. The normalized spacial score (nSPS) is 15.7. The predicted octanol–water partition coefficient (Wildman–Crippen LogP) is 1.73. The van der Waals surface area contributed by atoms with Crippen LogP contribution in [0.1, 0.15) is 11.1 Å². The van der Waals surface area contributed by atoms with Crippen molar-refractivity contribution in [1.29, 1.82) is 0 Å². The third-order valence-corrected chi connectivity index (χ3v) is 4.15. The van der Waals surface area contributed by atoms with Crippen molar-refractivity contribution in [2.75, 3.05) is 49.2 Å². The third kappa shape index (κ3) is 4.10. The number of aryl methyl sites for hydroxylation is 1. The van der Waals surface area contributed by atoms with Crippen molar-refractivity contribution < 1.29 is 0 Å². The summed E-state index contributed by atoms with van der Waals surface area (Å²) in [4.78, 5) is 13.3. The van der Waals surface area contributed by atoms with E-state index < -0.39 is 0 Å². The van der Waals surface area contributed by atoms with Crippen molar-refractivity contribution >= 4 is 17.6 Å². The molecule has 6 heteroatoms. The number of hydrogen-bond donors (Lipinski definition) is 2. The first kappa shape index (κ1) is 15.6. The Morgan fingerprint density at radius 3 is 2.48 bits per heavy atom. The number of likely N-dealkylation sites (N-methyl/N-ethyl adjacent to an activating group) is 1. The number of aromatic nitrogens is 2. The van der Waals surface area contributed by atoms with Crippen LogP contribution in [0, 0.1) is 6.92 Å². The summed E-state index contributed by atoms with van der Waals surface area (Å²) in [6, 6.07) is 10.4. The van der Waals surface area contributed by atoms with Crippen LogP contribution in [-0.4, -0.2) is 48.1 Å². The lowest BCUT2D eigenvalue weighted by atomic mass is 10.1. The Hall–Kier alpha value is -2.34. The summed E-state index contributed by atoms with van der Waals surface area (Å²) < 4.78 is 0. The third-order valence-electron chi connectivity index (χ3n) is 4.15. The van der Waals surface area contributed by atoms with Crippen LogP contribution in [0.15, 0.2) is 30.3 Å². The van der Waals surface area contributed by atoms with Crippen molar-refractivity contribution in [3.05, 3.63) is 41.5 Å². The van der Waals surface area contributed by atoms with Crippen molar-refractivity contribution in [2.24, 2.45) is 0 Å². The van der Waals surface area contributed by atoms with Crippen molar-refractivity contribution in [3.63, 3.8) is 0 Å². The Morgan fingerprint density at radius 2 is 1.78 bits per heavy atom. The fourth-order valence-corrected chi connectivity index (χ4v) is 2.64. The van der Waals surface area contributed by atoms with Crippen molar-refractivity contribution in [1.82, 2.24) is 14.9 Å². The van der Waals surface area contributed by atoms with Gasteiger partial charge in [0.15, 0.2) is 0 Å². The maximum atomic E-state index is 5.88. The van der Waals surface area contributed by atoms with Crippen LogP contribution < -0.4 is 16.0 Å². The Kier molecular flexibility index (Phi) is 4.62. The Balaban J connectivity index is 1.68. The SMILES string of the molecule is Cc1ccc(CNc2cc(N3CCN(C)CC3)nc(N)n2)cc1. The number of hydrogen-bond acceptors (Lipinski definition) is 6. The molecule has 2 heterocycles. The molecule has 0 spiro atoms. The molecule has 1 aromatic carbocycles. The molecule has 3 N–H and O–H groups in total. The molecule has 0 amide bonds. The Bertz CT molecular complexity index is 647. The molecule has 0 unspecified atom stereocenters. The maximum Gasteiger partial charge on any atom is 0.223 e. The van der Waals surface area contributed by atoms with Crippen LogP contribution in [0.25, 0.3) is 0 Å². The van der Waals surface area contributed by atoms with Crippen LogP contribution >= 0.6 is 0 Å². The molecule has 0 radical (unpaired) electrons. The summed E-state index contributed by atoms with van der Waals surface area (Å²) >= 11 is 0. The quantitative estimate of drug-likeness (QED) is 0.896.